The van der Waals surface area contributed by atoms with Gasteiger partial charge in [-0.3, -0.25) is 9.59 Å². The maximum Gasteiger partial charge on any atom is 0.229 e. The highest BCUT2D eigenvalue weighted by Crippen LogP contribution is 2.32. The Morgan fingerprint density at radius 1 is 1.28 bits per heavy atom. The summed E-state index contributed by atoms with van der Waals surface area (Å²) in [7, 11) is 5.16. The minimum Gasteiger partial charge on any atom is -0.497 e. The van der Waals surface area contributed by atoms with Gasteiger partial charge < -0.3 is 19.3 Å². The van der Waals surface area contributed by atoms with Crippen LogP contribution in [0.5, 0.6) is 11.5 Å². The molecule has 0 spiro atoms. The maximum atomic E-state index is 12.9. The number of methoxy groups -OCH3 is 1. The lowest BCUT2D eigenvalue weighted by atomic mass is 9.92. The molecule has 2 heterocycles. The van der Waals surface area contributed by atoms with E-state index >= 15 is 0 Å². The van der Waals surface area contributed by atoms with Crippen LogP contribution in [0.4, 0.5) is 0 Å². The summed E-state index contributed by atoms with van der Waals surface area (Å²) in [6, 6.07) is 5.71. The van der Waals surface area contributed by atoms with E-state index in [0.717, 1.165) is 36.4 Å². The monoisotopic (exact) mass is 346 g/mol. The normalized spacial score (nSPS) is 22.6. The second kappa shape index (κ2) is 7.33. The third-order valence-electron chi connectivity index (χ3n) is 5.05. The number of fused-ring (bicyclic) bond motifs is 1. The van der Waals surface area contributed by atoms with Gasteiger partial charge in [-0.05, 0) is 30.9 Å². The minimum absolute atomic E-state index is 0.0891. The van der Waals surface area contributed by atoms with Crippen LogP contribution in [0.25, 0.3) is 0 Å². The third-order valence-corrected chi connectivity index (χ3v) is 5.05. The van der Waals surface area contributed by atoms with E-state index in [1.165, 1.54) is 0 Å². The Hall–Kier alpha value is -2.24. The van der Waals surface area contributed by atoms with Gasteiger partial charge in [-0.1, -0.05) is 6.07 Å². The summed E-state index contributed by atoms with van der Waals surface area (Å²) in [5, 5.41) is 0. The van der Waals surface area contributed by atoms with Gasteiger partial charge in [-0.2, -0.15) is 0 Å². The summed E-state index contributed by atoms with van der Waals surface area (Å²) in [6.07, 6.45) is 2.39. The van der Waals surface area contributed by atoms with E-state index in [1.54, 1.807) is 26.1 Å². The summed E-state index contributed by atoms with van der Waals surface area (Å²) >= 11 is 0. The lowest BCUT2D eigenvalue weighted by molar-refractivity contribution is -0.142. The Morgan fingerprint density at radius 3 is 2.80 bits per heavy atom. The summed E-state index contributed by atoms with van der Waals surface area (Å²) < 4.78 is 11.0. The second-order valence-electron chi connectivity index (χ2n) is 7.04. The number of benzene rings is 1. The molecular formula is C19H26N2O4. The van der Waals surface area contributed by atoms with Crippen LogP contribution in [0.3, 0.4) is 0 Å². The van der Waals surface area contributed by atoms with E-state index < -0.39 is 0 Å². The van der Waals surface area contributed by atoms with Crippen LogP contribution in [0, 0.1) is 11.8 Å². The molecule has 1 aromatic rings. The van der Waals surface area contributed by atoms with E-state index in [-0.39, 0.29) is 23.7 Å². The minimum atomic E-state index is -0.186. The lowest BCUT2D eigenvalue weighted by Crippen LogP contribution is -2.48. The van der Waals surface area contributed by atoms with Crippen molar-refractivity contribution in [2.24, 2.45) is 11.8 Å². The van der Waals surface area contributed by atoms with Crippen molar-refractivity contribution in [2.45, 2.75) is 19.3 Å². The number of rotatable bonds is 3. The highest BCUT2D eigenvalue weighted by molar-refractivity contribution is 5.82. The Kier molecular flexibility index (Phi) is 5.16. The molecule has 0 bridgehead atoms. The van der Waals surface area contributed by atoms with E-state index in [0.29, 0.717) is 19.6 Å². The van der Waals surface area contributed by atoms with Gasteiger partial charge in [0, 0.05) is 33.3 Å². The quantitative estimate of drug-likeness (QED) is 0.834. The Morgan fingerprint density at radius 2 is 2.08 bits per heavy atom. The zero-order chi connectivity index (χ0) is 18.0. The summed E-state index contributed by atoms with van der Waals surface area (Å²) in [6.45, 7) is 1.62. The van der Waals surface area contributed by atoms with Gasteiger partial charge in [0.15, 0.2) is 0 Å². The topological polar surface area (TPSA) is 59.1 Å². The number of ether oxygens (including phenoxy) is 2. The summed E-state index contributed by atoms with van der Waals surface area (Å²) in [5.41, 5.74) is 1.03. The predicted molar refractivity (Wildman–Crippen MR) is 93.7 cm³/mol. The molecular weight excluding hydrogens is 320 g/mol. The first kappa shape index (κ1) is 17.6. The van der Waals surface area contributed by atoms with Crippen molar-refractivity contribution in [3.8, 4) is 11.5 Å². The maximum absolute atomic E-state index is 12.9. The molecule has 2 amide bonds. The molecule has 1 fully saturated rings. The lowest BCUT2D eigenvalue weighted by Gasteiger charge is -2.36. The predicted octanol–water partition coefficient (Wildman–Crippen LogP) is 1.57. The van der Waals surface area contributed by atoms with Crippen LogP contribution in [-0.4, -0.2) is 62.5 Å². The van der Waals surface area contributed by atoms with Crippen molar-refractivity contribution >= 4 is 11.8 Å². The van der Waals surface area contributed by atoms with Crippen LogP contribution < -0.4 is 9.47 Å². The molecule has 2 atom stereocenters. The van der Waals surface area contributed by atoms with Crippen molar-refractivity contribution in [1.82, 2.24) is 9.80 Å². The average molecular weight is 346 g/mol. The summed E-state index contributed by atoms with van der Waals surface area (Å²) in [4.78, 5) is 28.6. The van der Waals surface area contributed by atoms with Crippen molar-refractivity contribution in [3.05, 3.63) is 23.8 Å². The zero-order valence-corrected chi connectivity index (χ0v) is 15.2. The molecule has 25 heavy (non-hydrogen) atoms. The molecule has 6 nitrogen and oxygen atoms in total. The fraction of sp³-hybridized carbons (Fsp3) is 0.579. The van der Waals surface area contributed by atoms with Gasteiger partial charge in [-0.25, -0.2) is 0 Å². The molecule has 1 saturated heterocycles. The molecule has 3 rings (SSSR count). The zero-order valence-electron chi connectivity index (χ0n) is 15.2. The van der Waals surface area contributed by atoms with Crippen molar-refractivity contribution in [3.63, 3.8) is 0 Å². The fourth-order valence-corrected chi connectivity index (χ4v) is 3.64. The van der Waals surface area contributed by atoms with Crippen LogP contribution in [0.2, 0.25) is 0 Å². The Labute approximate surface area is 148 Å². The average Bonchev–Trinajstić information content (AvgIpc) is 2.65. The molecule has 0 N–H and O–H groups in total. The third kappa shape index (κ3) is 3.72. The van der Waals surface area contributed by atoms with E-state index in [4.69, 9.17) is 9.47 Å². The largest absolute Gasteiger partial charge is 0.497 e. The van der Waals surface area contributed by atoms with Gasteiger partial charge in [0.2, 0.25) is 11.8 Å². The van der Waals surface area contributed by atoms with E-state index in [9.17, 15) is 9.59 Å². The van der Waals surface area contributed by atoms with E-state index in [2.05, 4.69) is 0 Å². The Bertz CT molecular complexity index is 659. The van der Waals surface area contributed by atoms with E-state index in [1.807, 2.05) is 23.1 Å². The molecule has 0 unspecified atom stereocenters. The first-order valence-corrected chi connectivity index (χ1v) is 8.79. The standard InChI is InChI=1S/C19H26N2O4/c1-20(2)18(22)14-5-4-8-21(11-14)19(23)15-9-13-6-7-16(24-3)10-17(13)25-12-15/h6-7,10,14-15H,4-5,8-9,11-12H2,1-3H3/t14-,15+/m0/s1. The molecule has 0 saturated carbocycles. The first-order valence-electron chi connectivity index (χ1n) is 8.79. The molecule has 2 aliphatic heterocycles. The molecule has 0 aromatic heterocycles. The Balaban J connectivity index is 1.66. The van der Waals surface area contributed by atoms with Gasteiger partial charge >= 0.3 is 0 Å². The SMILES string of the molecule is COc1ccc2c(c1)OC[C@H](C(=O)N1CCC[C@H](C(=O)N(C)C)C1)C2. The fourth-order valence-electron chi connectivity index (χ4n) is 3.64. The molecule has 6 heteroatoms. The van der Waals surface area contributed by atoms with Crippen molar-refractivity contribution in [1.29, 1.82) is 0 Å². The highest BCUT2D eigenvalue weighted by atomic mass is 16.5. The molecule has 0 radical (unpaired) electrons. The number of carbonyl (C=O) groups excluding carboxylic acids is 2. The number of hydrogen-bond donors (Lipinski definition) is 0. The van der Waals surface area contributed by atoms with Crippen LogP contribution in [0.1, 0.15) is 18.4 Å². The highest BCUT2D eigenvalue weighted by Gasteiger charge is 2.34. The van der Waals surface area contributed by atoms with Crippen LogP contribution in [0.15, 0.2) is 18.2 Å². The van der Waals surface area contributed by atoms with Crippen LogP contribution >= 0.6 is 0 Å². The van der Waals surface area contributed by atoms with Crippen molar-refractivity contribution < 1.29 is 19.1 Å². The number of piperidine rings is 1. The number of hydrogen-bond acceptors (Lipinski definition) is 4. The van der Waals surface area contributed by atoms with Gasteiger partial charge in [-0.15, -0.1) is 0 Å². The molecule has 0 aliphatic carbocycles. The summed E-state index contributed by atoms with van der Waals surface area (Å²) in [5.74, 6) is 1.47. The second-order valence-corrected chi connectivity index (χ2v) is 7.04. The van der Waals surface area contributed by atoms with Crippen molar-refractivity contribution in [2.75, 3.05) is 40.9 Å². The smallest absolute Gasteiger partial charge is 0.229 e. The molecule has 2 aliphatic rings. The van der Waals surface area contributed by atoms with Gasteiger partial charge in [0.1, 0.15) is 18.1 Å². The van der Waals surface area contributed by atoms with Gasteiger partial charge in [0.25, 0.3) is 0 Å². The van der Waals surface area contributed by atoms with Gasteiger partial charge in [0.05, 0.1) is 18.9 Å². The molecule has 1 aromatic carbocycles. The molecule has 136 valence electrons. The number of carbonyl (C=O) groups is 2. The first-order chi connectivity index (χ1) is 12.0. The van der Waals surface area contributed by atoms with Crippen LogP contribution in [-0.2, 0) is 16.0 Å². The number of amides is 2. The number of nitrogens with zero attached hydrogens (tertiary/aromatic N) is 2. The number of likely N-dealkylation sites (tertiary alicyclic amines) is 1.